The van der Waals surface area contributed by atoms with Gasteiger partial charge in [0.1, 0.15) is 24.3 Å². The molecule has 0 spiro atoms. The fourth-order valence-electron chi connectivity index (χ4n) is 2.89. The highest BCUT2D eigenvalue weighted by Gasteiger charge is 2.24. The summed E-state index contributed by atoms with van der Waals surface area (Å²) in [6.07, 6.45) is 0. The van der Waals surface area contributed by atoms with Crippen molar-refractivity contribution in [1.29, 1.82) is 21.0 Å². The standard InChI is InChI=1S/C15H6N10/c1-7-9(3-16)20-13-23-8(2)10(4-17)21-14(23)25-12(6-19)11(5-18)22-15(25)24(7)13/h1-2H3. The molecule has 0 radical (unpaired) electrons. The molecule has 0 saturated heterocycles. The first kappa shape index (κ1) is 14.2. The third-order valence-electron chi connectivity index (χ3n) is 4.06. The van der Waals surface area contributed by atoms with Gasteiger partial charge in [-0.1, -0.05) is 0 Å². The third kappa shape index (κ3) is 1.50. The summed E-state index contributed by atoms with van der Waals surface area (Å²) >= 11 is 0. The predicted octanol–water partition coefficient (Wildman–Crippen LogP) is 0.733. The molecule has 25 heavy (non-hydrogen) atoms. The molecule has 0 atom stereocenters. The van der Waals surface area contributed by atoms with Crippen LogP contribution < -0.4 is 0 Å². The Morgan fingerprint density at radius 2 is 1.00 bits per heavy atom. The average Bonchev–Trinajstić information content (AvgIpc) is 3.25. The predicted molar refractivity (Wildman–Crippen MR) is 81.0 cm³/mol. The Bertz CT molecular complexity index is 1360. The molecular weight excluding hydrogens is 320 g/mol. The largest absolute Gasteiger partial charge is 0.250 e. The normalized spacial score (nSPS) is 10.6. The topological polar surface area (TPSA) is 147 Å². The third-order valence-corrected chi connectivity index (χ3v) is 4.06. The van der Waals surface area contributed by atoms with Crippen LogP contribution in [-0.2, 0) is 0 Å². The Hall–Kier alpha value is -4.41. The first-order chi connectivity index (χ1) is 12.1. The Kier molecular flexibility index (Phi) is 2.58. The minimum absolute atomic E-state index is 0.00509. The molecule has 116 valence electrons. The van der Waals surface area contributed by atoms with Gasteiger partial charge in [0.2, 0.25) is 17.3 Å². The van der Waals surface area contributed by atoms with Gasteiger partial charge in [0.05, 0.1) is 11.4 Å². The van der Waals surface area contributed by atoms with E-state index in [1.165, 1.54) is 4.40 Å². The minimum Gasteiger partial charge on any atom is -0.250 e. The van der Waals surface area contributed by atoms with Gasteiger partial charge in [-0.3, -0.25) is 0 Å². The summed E-state index contributed by atoms with van der Waals surface area (Å²) in [5, 5.41) is 37.4. The summed E-state index contributed by atoms with van der Waals surface area (Å²) in [5.41, 5.74) is 1.30. The molecule has 10 nitrogen and oxygen atoms in total. The maximum absolute atomic E-state index is 9.48. The number of nitriles is 4. The van der Waals surface area contributed by atoms with E-state index in [1.807, 2.05) is 24.3 Å². The van der Waals surface area contributed by atoms with Crippen molar-refractivity contribution < 1.29 is 0 Å². The molecule has 4 aromatic heterocycles. The van der Waals surface area contributed by atoms with Crippen molar-refractivity contribution in [3.05, 3.63) is 34.2 Å². The Balaban J connectivity index is 2.49. The zero-order valence-corrected chi connectivity index (χ0v) is 13.0. The highest BCUT2D eigenvalue weighted by atomic mass is 15.3. The number of aromatic nitrogens is 6. The molecule has 0 aliphatic heterocycles. The summed E-state index contributed by atoms with van der Waals surface area (Å²) in [6, 6.07) is 7.84. The molecule has 4 aromatic rings. The quantitative estimate of drug-likeness (QED) is 0.462. The van der Waals surface area contributed by atoms with Crippen LogP contribution in [0.5, 0.6) is 0 Å². The maximum atomic E-state index is 9.48. The van der Waals surface area contributed by atoms with E-state index in [9.17, 15) is 21.0 Å². The summed E-state index contributed by atoms with van der Waals surface area (Å²) in [5.74, 6) is 0.801. The number of rotatable bonds is 0. The molecule has 0 saturated carbocycles. The molecule has 0 aliphatic carbocycles. The fourth-order valence-corrected chi connectivity index (χ4v) is 2.89. The lowest BCUT2D eigenvalue weighted by atomic mass is 10.4. The molecule has 0 aromatic carbocycles. The van der Waals surface area contributed by atoms with Gasteiger partial charge in [-0.25, -0.2) is 23.2 Å². The molecule has 0 bridgehead atoms. The van der Waals surface area contributed by atoms with E-state index >= 15 is 0 Å². The van der Waals surface area contributed by atoms with E-state index in [0.29, 0.717) is 17.2 Å². The monoisotopic (exact) mass is 326 g/mol. The van der Waals surface area contributed by atoms with Crippen LogP contribution >= 0.6 is 0 Å². The van der Waals surface area contributed by atoms with E-state index in [-0.39, 0.29) is 34.3 Å². The van der Waals surface area contributed by atoms with E-state index in [4.69, 9.17) is 0 Å². The Labute approximate surface area is 139 Å². The number of imidazole rings is 3. The fraction of sp³-hybridized carbons (Fsp3) is 0.133. The average molecular weight is 326 g/mol. The van der Waals surface area contributed by atoms with Crippen molar-refractivity contribution >= 4 is 17.3 Å². The second-order valence-electron chi connectivity index (χ2n) is 5.25. The molecule has 4 heterocycles. The smallest absolute Gasteiger partial charge is 0.226 e. The van der Waals surface area contributed by atoms with Crippen LogP contribution in [0.25, 0.3) is 17.3 Å². The summed E-state index contributed by atoms with van der Waals surface area (Å²) in [4.78, 5) is 12.8. The van der Waals surface area contributed by atoms with Crippen LogP contribution in [0.2, 0.25) is 0 Å². The second kappa shape index (κ2) is 4.55. The lowest BCUT2D eigenvalue weighted by molar-refractivity contribution is 0.941. The van der Waals surface area contributed by atoms with Gasteiger partial charge in [0.25, 0.3) is 0 Å². The first-order valence-electron chi connectivity index (χ1n) is 7.00. The maximum Gasteiger partial charge on any atom is 0.226 e. The van der Waals surface area contributed by atoms with Crippen molar-refractivity contribution in [1.82, 2.24) is 28.2 Å². The molecule has 10 heteroatoms. The molecule has 0 fully saturated rings. The minimum atomic E-state index is -0.0670. The van der Waals surface area contributed by atoms with Crippen LogP contribution in [0.15, 0.2) is 0 Å². The zero-order chi connectivity index (χ0) is 17.9. The van der Waals surface area contributed by atoms with E-state index < -0.39 is 0 Å². The van der Waals surface area contributed by atoms with Crippen molar-refractivity contribution in [3.63, 3.8) is 0 Å². The lowest BCUT2D eigenvalue weighted by Gasteiger charge is -2.05. The van der Waals surface area contributed by atoms with Crippen LogP contribution in [-0.4, -0.2) is 28.2 Å². The summed E-state index contributed by atoms with van der Waals surface area (Å²) in [6.45, 7) is 3.38. The highest BCUT2D eigenvalue weighted by Crippen LogP contribution is 2.23. The SMILES string of the molecule is Cc1c(C#N)nc2n1c1nc(C#N)c(C)n1c1nc(C#N)c(C#N)n21. The van der Waals surface area contributed by atoms with Gasteiger partial charge in [-0.15, -0.1) is 0 Å². The van der Waals surface area contributed by atoms with Crippen LogP contribution in [0.3, 0.4) is 0 Å². The molecule has 0 aliphatic rings. The Morgan fingerprint density at radius 1 is 0.600 bits per heavy atom. The molecule has 0 N–H and O–H groups in total. The van der Waals surface area contributed by atoms with Crippen LogP contribution in [0, 0.1) is 59.2 Å². The van der Waals surface area contributed by atoms with Crippen molar-refractivity contribution in [2.75, 3.05) is 0 Å². The molecular formula is C15H6N10. The number of aryl methyl sites for hydroxylation is 2. The number of hydrogen-bond acceptors (Lipinski definition) is 7. The number of fused-ring (bicyclic) bond motifs is 6. The second-order valence-corrected chi connectivity index (χ2v) is 5.25. The molecule has 0 unspecified atom stereocenters. The van der Waals surface area contributed by atoms with Gasteiger partial charge in [0.15, 0.2) is 22.8 Å². The lowest BCUT2D eigenvalue weighted by Crippen LogP contribution is -2.06. The first-order valence-corrected chi connectivity index (χ1v) is 7.00. The van der Waals surface area contributed by atoms with Crippen molar-refractivity contribution in [3.8, 4) is 24.3 Å². The van der Waals surface area contributed by atoms with Crippen molar-refractivity contribution in [2.45, 2.75) is 13.8 Å². The van der Waals surface area contributed by atoms with E-state index in [0.717, 1.165) is 0 Å². The van der Waals surface area contributed by atoms with Gasteiger partial charge in [-0.2, -0.15) is 26.0 Å². The van der Waals surface area contributed by atoms with Crippen LogP contribution in [0.1, 0.15) is 34.2 Å². The van der Waals surface area contributed by atoms with Gasteiger partial charge >= 0.3 is 0 Å². The number of hydrogen-bond donors (Lipinski definition) is 0. The Morgan fingerprint density at radius 3 is 1.40 bits per heavy atom. The van der Waals surface area contributed by atoms with Gasteiger partial charge in [-0.05, 0) is 13.8 Å². The zero-order valence-electron chi connectivity index (χ0n) is 13.0. The molecule has 0 amide bonds. The summed E-state index contributed by atoms with van der Waals surface area (Å²) < 4.78 is 4.54. The van der Waals surface area contributed by atoms with E-state index in [2.05, 4.69) is 15.0 Å². The van der Waals surface area contributed by atoms with E-state index in [1.54, 1.807) is 22.6 Å². The van der Waals surface area contributed by atoms with Crippen molar-refractivity contribution in [2.24, 2.45) is 0 Å². The number of nitrogens with zero attached hydrogens (tertiary/aromatic N) is 10. The van der Waals surface area contributed by atoms with Gasteiger partial charge < -0.3 is 0 Å². The molecule has 4 rings (SSSR count). The van der Waals surface area contributed by atoms with Crippen LogP contribution in [0.4, 0.5) is 0 Å². The van der Waals surface area contributed by atoms with Gasteiger partial charge in [0, 0.05) is 0 Å². The summed E-state index contributed by atoms with van der Waals surface area (Å²) in [7, 11) is 0. The highest BCUT2D eigenvalue weighted by molar-refractivity contribution is 5.63.